The number of hydrogen-bond acceptors (Lipinski definition) is 2. The highest BCUT2D eigenvalue weighted by atomic mass is 15.3. The summed E-state index contributed by atoms with van der Waals surface area (Å²) in [6.45, 7) is 9.90. The van der Waals surface area contributed by atoms with Crippen LogP contribution in [0.3, 0.4) is 0 Å². The number of hydrogen-bond donors (Lipinski definition) is 1. The van der Waals surface area contributed by atoms with Crippen molar-refractivity contribution in [3.05, 3.63) is 18.0 Å². The van der Waals surface area contributed by atoms with Gasteiger partial charge in [0.15, 0.2) is 0 Å². The third-order valence-corrected chi connectivity index (χ3v) is 3.59. The van der Waals surface area contributed by atoms with E-state index in [-0.39, 0.29) is 0 Å². The first-order valence-electron chi connectivity index (χ1n) is 6.78. The Morgan fingerprint density at radius 2 is 2.06 bits per heavy atom. The molecule has 1 saturated carbocycles. The Labute approximate surface area is 105 Å². The molecule has 3 heteroatoms. The maximum atomic E-state index is 4.65. The summed E-state index contributed by atoms with van der Waals surface area (Å²) in [6.07, 6.45) is 5.93. The molecule has 2 rings (SSSR count). The van der Waals surface area contributed by atoms with E-state index in [4.69, 9.17) is 0 Å². The molecule has 1 aliphatic carbocycles. The van der Waals surface area contributed by atoms with Crippen molar-refractivity contribution >= 4 is 0 Å². The Kier molecular flexibility index (Phi) is 3.57. The highest BCUT2D eigenvalue weighted by Gasteiger charge is 2.42. The lowest BCUT2D eigenvalue weighted by molar-refractivity contribution is 0.421. The summed E-state index contributed by atoms with van der Waals surface area (Å²) in [5, 5.41) is 8.21. The smallest absolute Gasteiger partial charge is 0.0630 e. The SMILES string of the molecule is CC(C)NCC1(Cc2ccn(C(C)C)n2)CC1. The van der Waals surface area contributed by atoms with E-state index in [1.807, 2.05) is 0 Å². The Bertz CT molecular complexity index is 361. The molecule has 0 aliphatic heterocycles. The molecule has 1 heterocycles. The minimum absolute atomic E-state index is 0.465. The van der Waals surface area contributed by atoms with Gasteiger partial charge in [-0.15, -0.1) is 0 Å². The molecule has 1 aromatic rings. The minimum Gasteiger partial charge on any atom is -0.314 e. The van der Waals surface area contributed by atoms with Gasteiger partial charge in [-0.2, -0.15) is 5.10 Å². The monoisotopic (exact) mass is 235 g/mol. The van der Waals surface area contributed by atoms with Crippen LogP contribution in [-0.2, 0) is 6.42 Å². The zero-order valence-corrected chi connectivity index (χ0v) is 11.5. The van der Waals surface area contributed by atoms with Crippen LogP contribution in [0.5, 0.6) is 0 Å². The van der Waals surface area contributed by atoms with Crippen LogP contribution in [0.4, 0.5) is 0 Å². The normalized spacial score (nSPS) is 18.0. The molecule has 1 aliphatic rings. The maximum Gasteiger partial charge on any atom is 0.0630 e. The molecule has 17 heavy (non-hydrogen) atoms. The number of nitrogens with zero attached hydrogens (tertiary/aromatic N) is 2. The average Bonchev–Trinajstić information content (AvgIpc) is 2.84. The lowest BCUT2D eigenvalue weighted by Gasteiger charge is -2.17. The standard InChI is InChI=1S/C14H25N3/c1-11(2)15-10-14(6-7-14)9-13-5-8-17(16-13)12(3)4/h5,8,11-12,15H,6-7,9-10H2,1-4H3. The summed E-state index contributed by atoms with van der Waals surface area (Å²) >= 11 is 0. The van der Waals surface area contributed by atoms with Crippen LogP contribution in [0.2, 0.25) is 0 Å². The van der Waals surface area contributed by atoms with Crippen LogP contribution in [0.1, 0.15) is 52.3 Å². The first kappa shape index (κ1) is 12.6. The first-order valence-corrected chi connectivity index (χ1v) is 6.78. The second kappa shape index (κ2) is 4.81. The van der Waals surface area contributed by atoms with Gasteiger partial charge in [0.05, 0.1) is 5.69 Å². The molecular weight excluding hydrogens is 210 g/mol. The second-order valence-corrected chi connectivity index (χ2v) is 6.09. The lowest BCUT2D eigenvalue weighted by Crippen LogP contribution is -2.31. The third-order valence-electron chi connectivity index (χ3n) is 3.59. The van der Waals surface area contributed by atoms with E-state index in [0.29, 0.717) is 17.5 Å². The van der Waals surface area contributed by atoms with Gasteiger partial charge in [0.25, 0.3) is 0 Å². The summed E-state index contributed by atoms with van der Waals surface area (Å²) in [7, 11) is 0. The van der Waals surface area contributed by atoms with E-state index in [0.717, 1.165) is 13.0 Å². The van der Waals surface area contributed by atoms with Crippen LogP contribution < -0.4 is 5.32 Å². The fraction of sp³-hybridized carbons (Fsp3) is 0.786. The van der Waals surface area contributed by atoms with Gasteiger partial charge in [-0.05, 0) is 44.6 Å². The molecule has 96 valence electrons. The van der Waals surface area contributed by atoms with E-state index in [2.05, 4.69) is 55.1 Å². The molecule has 1 fully saturated rings. The Morgan fingerprint density at radius 3 is 2.53 bits per heavy atom. The van der Waals surface area contributed by atoms with Crippen LogP contribution >= 0.6 is 0 Å². The van der Waals surface area contributed by atoms with Crippen LogP contribution in [-0.4, -0.2) is 22.4 Å². The average molecular weight is 235 g/mol. The van der Waals surface area contributed by atoms with Gasteiger partial charge in [-0.25, -0.2) is 0 Å². The van der Waals surface area contributed by atoms with Crippen molar-refractivity contribution in [2.75, 3.05) is 6.54 Å². The predicted molar refractivity (Wildman–Crippen MR) is 71.1 cm³/mol. The quantitative estimate of drug-likeness (QED) is 0.821. The molecule has 0 amide bonds. The molecular formula is C14H25N3. The maximum absolute atomic E-state index is 4.65. The first-order chi connectivity index (χ1) is 8.01. The van der Waals surface area contributed by atoms with E-state index < -0.39 is 0 Å². The third kappa shape index (κ3) is 3.32. The predicted octanol–water partition coefficient (Wildman–Crippen LogP) is 2.78. The van der Waals surface area contributed by atoms with Crippen molar-refractivity contribution in [1.82, 2.24) is 15.1 Å². The Balaban J connectivity index is 1.91. The van der Waals surface area contributed by atoms with Gasteiger partial charge >= 0.3 is 0 Å². The molecule has 0 spiro atoms. The summed E-state index contributed by atoms with van der Waals surface area (Å²) < 4.78 is 2.06. The largest absolute Gasteiger partial charge is 0.314 e. The van der Waals surface area contributed by atoms with Crippen molar-refractivity contribution in [3.8, 4) is 0 Å². The molecule has 0 aromatic carbocycles. The molecule has 0 radical (unpaired) electrons. The highest BCUT2D eigenvalue weighted by molar-refractivity contribution is 5.09. The van der Waals surface area contributed by atoms with Gasteiger partial charge < -0.3 is 5.32 Å². The minimum atomic E-state index is 0.465. The molecule has 1 aromatic heterocycles. The molecule has 0 unspecified atom stereocenters. The zero-order chi connectivity index (χ0) is 12.5. The molecule has 0 atom stereocenters. The van der Waals surface area contributed by atoms with Crippen LogP contribution in [0.15, 0.2) is 12.3 Å². The summed E-state index contributed by atoms with van der Waals surface area (Å²) in [5.74, 6) is 0. The topological polar surface area (TPSA) is 29.9 Å². The summed E-state index contributed by atoms with van der Waals surface area (Å²) in [5.41, 5.74) is 1.75. The summed E-state index contributed by atoms with van der Waals surface area (Å²) in [4.78, 5) is 0. The fourth-order valence-corrected chi connectivity index (χ4v) is 2.16. The van der Waals surface area contributed by atoms with Gasteiger partial charge in [-0.3, -0.25) is 4.68 Å². The van der Waals surface area contributed by atoms with Crippen LogP contribution in [0.25, 0.3) is 0 Å². The molecule has 0 saturated heterocycles. The fourth-order valence-electron chi connectivity index (χ4n) is 2.16. The van der Waals surface area contributed by atoms with E-state index in [9.17, 15) is 0 Å². The van der Waals surface area contributed by atoms with E-state index in [1.165, 1.54) is 18.5 Å². The molecule has 0 bridgehead atoms. The molecule has 1 N–H and O–H groups in total. The van der Waals surface area contributed by atoms with E-state index in [1.54, 1.807) is 0 Å². The van der Waals surface area contributed by atoms with Gasteiger partial charge in [0.1, 0.15) is 0 Å². The van der Waals surface area contributed by atoms with E-state index >= 15 is 0 Å². The van der Waals surface area contributed by atoms with Gasteiger partial charge in [0, 0.05) is 24.8 Å². The van der Waals surface area contributed by atoms with Gasteiger partial charge in [0.2, 0.25) is 0 Å². The lowest BCUT2D eigenvalue weighted by atomic mass is 10.00. The van der Waals surface area contributed by atoms with Crippen molar-refractivity contribution < 1.29 is 0 Å². The van der Waals surface area contributed by atoms with Crippen molar-refractivity contribution in [1.29, 1.82) is 0 Å². The summed E-state index contributed by atoms with van der Waals surface area (Å²) in [6, 6.07) is 3.23. The Hall–Kier alpha value is -0.830. The molecule has 3 nitrogen and oxygen atoms in total. The van der Waals surface area contributed by atoms with Crippen LogP contribution in [0, 0.1) is 5.41 Å². The zero-order valence-electron chi connectivity index (χ0n) is 11.5. The Morgan fingerprint density at radius 1 is 1.35 bits per heavy atom. The van der Waals surface area contributed by atoms with Crippen molar-refractivity contribution in [2.24, 2.45) is 5.41 Å². The van der Waals surface area contributed by atoms with Crippen molar-refractivity contribution in [2.45, 2.75) is 59.0 Å². The number of nitrogens with one attached hydrogen (secondary N) is 1. The van der Waals surface area contributed by atoms with Crippen molar-refractivity contribution in [3.63, 3.8) is 0 Å². The second-order valence-electron chi connectivity index (χ2n) is 6.09. The van der Waals surface area contributed by atoms with Gasteiger partial charge in [-0.1, -0.05) is 13.8 Å². The number of rotatable bonds is 6. The number of aromatic nitrogens is 2. The highest BCUT2D eigenvalue weighted by Crippen LogP contribution is 2.47.